The first-order chi connectivity index (χ1) is 15.6. The van der Waals surface area contributed by atoms with Crippen molar-refractivity contribution in [3.05, 3.63) is 86.2 Å². The zero-order chi connectivity index (χ0) is 24.2. The summed E-state index contributed by atoms with van der Waals surface area (Å²) in [6.07, 6.45) is 0. The predicted octanol–water partition coefficient (Wildman–Crippen LogP) is 1.20. The molecule has 0 bridgehead atoms. The van der Waals surface area contributed by atoms with Gasteiger partial charge in [0.2, 0.25) is 5.91 Å². The van der Waals surface area contributed by atoms with Crippen molar-refractivity contribution in [2.45, 2.75) is 25.3 Å². The zero-order valence-electron chi connectivity index (χ0n) is 18.3. The average molecular weight is 473 g/mol. The van der Waals surface area contributed by atoms with Crippen molar-refractivity contribution >= 4 is 21.6 Å². The lowest BCUT2D eigenvalue weighted by Crippen LogP contribution is -2.43. The number of hydrogen-bond acceptors (Lipinski definition) is 6. The molecule has 0 aliphatic carbocycles. The molecule has 0 spiro atoms. The van der Waals surface area contributed by atoms with Crippen LogP contribution in [0.2, 0.25) is 0 Å². The first-order valence-corrected chi connectivity index (χ1v) is 11.4. The number of rotatable bonds is 8. The van der Waals surface area contributed by atoms with Crippen LogP contribution in [-0.4, -0.2) is 37.9 Å². The van der Waals surface area contributed by atoms with E-state index >= 15 is 0 Å². The number of nitrogens with zero attached hydrogens (tertiary/aromatic N) is 1. The van der Waals surface area contributed by atoms with Gasteiger partial charge in [-0.2, -0.15) is 0 Å². The molecule has 33 heavy (non-hydrogen) atoms. The molecule has 0 fully saturated rings. The van der Waals surface area contributed by atoms with E-state index in [1.54, 1.807) is 0 Å². The summed E-state index contributed by atoms with van der Waals surface area (Å²) in [6, 6.07) is 13.5. The second-order valence-electron chi connectivity index (χ2n) is 7.33. The number of carbonyl (C=O) groups excluding carboxylic acids is 1. The second-order valence-corrected chi connectivity index (χ2v) is 9.13. The Morgan fingerprint density at radius 2 is 1.64 bits per heavy atom. The van der Waals surface area contributed by atoms with Crippen LogP contribution >= 0.6 is 0 Å². The van der Waals surface area contributed by atoms with Crippen molar-refractivity contribution in [2.24, 2.45) is 0 Å². The van der Waals surface area contributed by atoms with Gasteiger partial charge in [0.25, 0.3) is 15.6 Å². The minimum absolute atomic E-state index is 0.137. The fourth-order valence-corrected chi connectivity index (χ4v) is 4.80. The standard InChI is InChI=1S/C22H24N4O6S/c1-14-4-6-16(7-5-14)12-23-19(27)13-26(17-8-10-18(32-3)11-9-17)33(30,31)20-15(2)24-22(29)25-21(20)28/h4-11H,12-13H2,1-3H3,(H,23,27)(H2,24,25,28,29). The number of aromatic amines is 2. The summed E-state index contributed by atoms with van der Waals surface area (Å²) in [4.78, 5) is 40.1. The Morgan fingerprint density at radius 1 is 1.00 bits per heavy atom. The van der Waals surface area contributed by atoms with Gasteiger partial charge >= 0.3 is 5.69 Å². The average Bonchev–Trinajstić information content (AvgIpc) is 2.76. The Hall–Kier alpha value is -3.86. The molecule has 0 saturated heterocycles. The second kappa shape index (κ2) is 9.74. The first kappa shape index (κ1) is 23.8. The minimum atomic E-state index is -4.52. The molecule has 0 radical (unpaired) electrons. The van der Waals surface area contributed by atoms with Gasteiger partial charge in [0, 0.05) is 12.2 Å². The van der Waals surface area contributed by atoms with Crippen molar-refractivity contribution in [1.29, 1.82) is 0 Å². The van der Waals surface area contributed by atoms with Gasteiger partial charge in [0.1, 0.15) is 12.3 Å². The van der Waals surface area contributed by atoms with E-state index in [4.69, 9.17) is 4.74 Å². The molecule has 2 aromatic carbocycles. The highest BCUT2D eigenvalue weighted by Crippen LogP contribution is 2.25. The number of benzene rings is 2. The molecule has 0 aliphatic heterocycles. The highest BCUT2D eigenvalue weighted by Gasteiger charge is 2.31. The Kier molecular flexibility index (Phi) is 7.02. The number of methoxy groups -OCH3 is 1. The SMILES string of the molecule is COc1ccc(N(CC(=O)NCc2ccc(C)cc2)S(=O)(=O)c2c(C)[nH]c(=O)[nH]c2=O)cc1. The lowest BCUT2D eigenvalue weighted by Gasteiger charge is -2.24. The fraction of sp³-hybridized carbons (Fsp3) is 0.227. The van der Waals surface area contributed by atoms with Crippen LogP contribution in [0.3, 0.4) is 0 Å². The predicted molar refractivity (Wildman–Crippen MR) is 123 cm³/mol. The van der Waals surface area contributed by atoms with Gasteiger partial charge in [-0.3, -0.25) is 18.9 Å². The number of nitrogens with one attached hydrogen (secondary N) is 3. The molecular weight excluding hydrogens is 448 g/mol. The lowest BCUT2D eigenvalue weighted by atomic mass is 10.1. The highest BCUT2D eigenvalue weighted by atomic mass is 32.2. The fourth-order valence-electron chi connectivity index (χ4n) is 3.17. The molecule has 11 heteroatoms. The third-order valence-corrected chi connectivity index (χ3v) is 6.81. The summed E-state index contributed by atoms with van der Waals surface area (Å²) in [5.41, 5.74) is 0.0239. The lowest BCUT2D eigenvalue weighted by molar-refractivity contribution is -0.119. The molecule has 1 aromatic heterocycles. The van der Waals surface area contributed by atoms with Gasteiger partial charge in [0.05, 0.1) is 12.8 Å². The van der Waals surface area contributed by atoms with Crippen LogP contribution in [0.1, 0.15) is 16.8 Å². The summed E-state index contributed by atoms with van der Waals surface area (Å²) in [6.45, 7) is 2.86. The molecule has 0 unspecified atom stereocenters. The quantitative estimate of drug-likeness (QED) is 0.450. The number of ether oxygens (including phenoxy) is 1. The van der Waals surface area contributed by atoms with Crippen molar-refractivity contribution in [2.75, 3.05) is 18.0 Å². The Balaban J connectivity index is 1.95. The molecule has 3 rings (SSSR count). The van der Waals surface area contributed by atoms with Crippen LogP contribution in [0.4, 0.5) is 5.69 Å². The van der Waals surface area contributed by atoms with E-state index in [1.807, 2.05) is 36.2 Å². The summed E-state index contributed by atoms with van der Waals surface area (Å²) in [5, 5.41) is 2.69. The maximum absolute atomic E-state index is 13.5. The Labute approximate surface area is 190 Å². The zero-order valence-corrected chi connectivity index (χ0v) is 19.2. The third kappa shape index (κ3) is 5.50. The van der Waals surface area contributed by atoms with Crippen molar-refractivity contribution in [1.82, 2.24) is 15.3 Å². The topological polar surface area (TPSA) is 141 Å². The molecule has 0 aliphatic rings. The van der Waals surface area contributed by atoms with Crippen molar-refractivity contribution in [3.8, 4) is 5.75 Å². The highest BCUT2D eigenvalue weighted by molar-refractivity contribution is 7.92. The summed E-state index contributed by atoms with van der Waals surface area (Å²) < 4.78 is 32.8. The van der Waals surface area contributed by atoms with E-state index in [9.17, 15) is 22.8 Å². The molecule has 1 heterocycles. The Bertz CT molecular complexity index is 1360. The number of aromatic nitrogens is 2. The van der Waals surface area contributed by atoms with E-state index in [2.05, 4.69) is 10.3 Å². The van der Waals surface area contributed by atoms with Crippen LogP contribution in [0.15, 0.2) is 63.0 Å². The van der Waals surface area contributed by atoms with Crippen LogP contribution in [0, 0.1) is 13.8 Å². The van der Waals surface area contributed by atoms with Crippen molar-refractivity contribution in [3.63, 3.8) is 0 Å². The maximum Gasteiger partial charge on any atom is 0.325 e. The number of hydrogen-bond donors (Lipinski definition) is 3. The van der Waals surface area contributed by atoms with Gasteiger partial charge in [-0.1, -0.05) is 29.8 Å². The van der Waals surface area contributed by atoms with E-state index < -0.39 is 38.6 Å². The van der Waals surface area contributed by atoms with Crippen LogP contribution in [0.25, 0.3) is 0 Å². The van der Waals surface area contributed by atoms with Gasteiger partial charge in [0.15, 0.2) is 4.90 Å². The van der Waals surface area contributed by atoms with E-state index in [0.29, 0.717) is 5.75 Å². The van der Waals surface area contributed by atoms with E-state index in [0.717, 1.165) is 15.4 Å². The summed E-state index contributed by atoms with van der Waals surface area (Å²) in [5.74, 6) is -0.0912. The first-order valence-electron chi connectivity index (χ1n) is 9.94. The molecule has 3 aromatic rings. The number of anilines is 1. The number of carbonyl (C=O) groups is 1. The largest absolute Gasteiger partial charge is 0.497 e. The molecule has 0 atom stereocenters. The normalized spacial score (nSPS) is 11.1. The van der Waals surface area contributed by atoms with E-state index in [1.165, 1.54) is 38.3 Å². The monoisotopic (exact) mass is 472 g/mol. The van der Waals surface area contributed by atoms with Crippen LogP contribution < -0.4 is 25.6 Å². The van der Waals surface area contributed by atoms with Crippen molar-refractivity contribution < 1.29 is 17.9 Å². The molecular formula is C22H24N4O6S. The number of aryl methyl sites for hydroxylation is 2. The smallest absolute Gasteiger partial charge is 0.325 e. The molecule has 10 nitrogen and oxygen atoms in total. The number of sulfonamides is 1. The molecule has 174 valence electrons. The van der Waals surface area contributed by atoms with Crippen LogP contribution in [0.5, 0.6) is 5.75 Å². The Morgan fingerprint density at radius 3 is 2.21 bits per heavy atom. The van der Waals surface area contributed by atoms with E-state index in [-0.39, 0.29) is 17.9 Å². The summed E-state index contributed by atoms with van der Waals surface area (Å²) >= 11 is 0. The third-order valence-electron chi connectivity index (χ3n) is 4.88. The minimum Gasteiger partial charge on any atom is -0.497 e. The van der Waals surface area contributed by atoms with Crippen LogP contribution in [-0.2, 0) is 21.4 Å². The molecule has 0 saturated carbocycles. The number of amides is 1. The van der Waals surface area contributed by atoms with Gasteiger partial charge < -0.3 is 15.0 Å². The van der Waals surface area contributed by atoms with Gasteiger partial charge in [-0.05, 0) is 43.7 Å². The van der Waals surface area contributed by atoms with Gasteiger partial charge in [-0.25, -0.2) is 13.2 Å². The molecule has 3 N–H and O–H groups in total. The maximum atomic E-state index is 13.5. The molecule has 1 amide bonds. The summed E-state index contributed by atoms with van der Waals surface area (Å²) in [7, 11) is -3.05. The van der Waals surface area contributed by atoms with Gasteiger partial charge in [-0.15, -0.1) is 0 Å². The number of H-pyrrole nitrogens is 2.